The van der Waals surface area contributed by atoms with Crippen molar-refractivity contribution in [3.8, 4) is 22.5 Å². The number of amides is 1. The predicted molar refractivity (Wildman–Crippen MR) is 135 cm³/mol. The van der Waals surface area contributed by atoms with Gasteiger partial charge in [-0.25, -0.2) is 9.78 Å². The van der Waals surface area contributed by atoms with Crippen molar-refractivity contribution in [1.29, 1.82) is 0 Å². The molecule has 5 rings (SSSR count). The van der Waals surface area contributed by atoms with Crippen LogP contribution in [-0.2, 0) is 10.3 Å². The SMILES string of the molecule is CC(C)(C)OC(=O)NC1(c2ccc(-c3nc4ccc(N)cn4c3-c3ccccc3)cc2)CCC1. The Morgan fingerprint density at radius 1 is 1.00 bits per heavy atom. The number of nitrogens with one attached hydrogen (secondary N) is 1. The van der Waals surface area contributed by atoms with Crippen molar-refractivity contribution in [2.45, 2.75) is 51.2 Å². The fraction of sp³-hybridized carbons (Fsp3) is 0.286. The van der Waals surface area contributed by atoms with Crippen molar-refractivity contribution in [2.24, 2.45) is 0 Å². The van der Waals surface area contributed by atoms with E-state index >= 15 is 0 Å². The van der Waals surface area contributed by atoms with Gasteiger partial charge in [0.15, 0.2) is 0 Å². The smallest absolute Gasteiger partial charge is 0.408 e. The molecule has 1 amide bonds. The van der Waals surface area contributed by atoms with Gasteiger partial charge in [0, 0.05) is 23.0 Å². The number of hydrogen-bond acceptors (Lipinski definition) is 4. The molecule has 2 aromatic heterocycles. The first kappa shape index (κ1) is 22.0. The Kier molecular flexibility index (Phi) is 5.31. The zero-order valence-corrected chi connectivity index (χ0v) is 19.8. The number of ether oxygens (including phenoxy) is 1. The Bertz CT molecular complexity index is 1330. The molecule has 0 unspecified atom stereocenters. The molecule has 0 saturated heterocycles. The lowest BCUT2D eigenvalue weighted by molar-refractivity contribution is 0.0377. The minimum atomic E-state index is -0.529. The van der Waals surface area contributed by atoms with Crippen molar-refractivity contribution >= 4 is 17.4 Å². The van der Waals surface area contributed by atoms with E-state index in [2.05, 4.69) is 41.7 Å². The molecule has 2 aromatic carbocycles. The molecule has 0 bridgehead atoms. The Balaban J connectivity index is 1.52. The second kappa shape index (κ2) is 8.20. The fourth-order valence-electron chi connectivity index (χ4n) is 4.60. The number of imidazole rings is 1. The van der Waals surface area contributed by atoms with Gasteiger partial charge in [0.05, 0.1) is 16.9 Å². The molecule has 2 heterocycles. The monoisotopic (exact) mass is 454 g/mol. The first-order chi connectivity index (χ1) is 16.2. The summed E-state index contributed by atoms with van der Waals surface area (Å²) in [4.78, 5) is 17.4. The average molecular weight is 455 g/mol. The second-order valence-electron chi connectivity index (χ2n) is 10.0. The molecule has 6 nitrogen and oxygen atoms in total. The van der Waals surface area contributed by atoms with Crippen LogP contribution >= 0.6 is 0 Å². The van der Waals surface area contributed by atoms with Crippen LogP contribution in [0.1, 0.15) is 45.6 Å². The number of alkyl carbamates (subject to hydrolysis) is 1. The lowest BCUT2D eigenvalue weighted by Crippen LogP contribution is -2.52. The largest absolute Gasteiger partial charge is 0.444 e. The van der Waals surface area contributed by atoms with E-state index in [0.29, 0.717) is 5.69 Å². The van der Waals surface area contributed by atoms with Crippen molar-refractivity contribution in [3.63, 3.8) is 0 Å². The van der Waals surface area contributed by atoms with Crippen molar-refractivity contribution in [3.05, 3.63) is 78.5 Å². The molecule has 174 valence electrons. The summed E-state index contributed by atoms with van der Waals surface area (Å²) in [6.45, 7) is 5.63. The highest BCUT2D eigenvalue weighted by Gasteiger charge is 2.41. The third-order valence-corrected chi connectivity index (χ3v) is 6.35. The van der Waals surface area contributed by atoms with E-state index in [1.165, 1.54) is 0 Å². The molecular weight excluding hydrogens is 424 g/mol. The van der Waals surface area contributed by atoms with Gasteiger partial charge in [0.1, 0.15) is 11.2 Å². The maximum atomic E-state index is 12.5. The molecule has 0 radical (unpaired) electrons. The van der Waals surface area contributed by atoms with Gasteiger partial charge in [0.25, 0.3) is 0 Å². The van der Waals surface area contributed by atoms with Gasteiger partial charge in [-0.1, -0.05) is 54.6 Å². The topological polar surface area (TPSA) is 81.6 Å². The third-order valence-electron chi connectivity index (χ3n) is 6.35. The van der Waals surface area contributed by atoms with Gasteiger partial charge in [-0.3, -0.25) is 4.40 Å². The number of rotatable bonds is 4. The third kappa shape index (κ3) is 4.12. The van der Waals surface area contributed by atoms with Gasteiger partial charge >= 0.3 is 6.09 Å². The number of fused-ring (bicyclic) bond motifs is 1. The molecule has 4 aromatic rings. The number of nitrogens with zero attached hydrogens (tertiary/aromatic N) is 2. The number of aromatic nitrogens is 2. The highest BCUT2D eigenvalue weighted by atomic mass is 16.6. The van der Waals surface area contributed by atoms with Crippen LogP contribution < -0.4 is 11.1 Å². The molecule has 1 fully saturated rings. The van der Waals surface area contributed by atoms with Crippen LogP contribution in [0.2, 0.25) is 0 Å². The first-order valence-corrected chi connectivity index (χ1v) is 11.7. The quantitative estimate of drug-likeness (QED) is 0.387. The van der Waals surface area contributed by atoms with Crippen LogP contribution in [0.25, 0.3) is 28.2 Å². The van der Waals surface area contributed by atoms with Crippen LogP contribution in [0, 0.1) is 0 Å². The summed E-state index contributed by atoms with van der Waals surface area (Å²) >= 11 is 0. The van der Waals surface area contributed by atoms with Crippen molar-refractivity contribution in [2.75, 3.05) is 5.73 Å². The minimum absolute atomic E-state index is 0.374. The molecule has 3 N–H and O–H groups in total. The summed E-state index contributed by atoms with van der Waals surface area (Å²) in [7, 11) is 0. The van der Waals surface area contributed by atoms with Gasteiger partial charge in [-0.2, -0.15) is 0 Å². The Morgan fingerprint density at radius 2 is 1.71 bits per heavy atom. The number of carbonyl (C=O) groups is 1. The fourth-order valence-corrected chi connectivity index (χ4v) is 4.60. The molecule has 6 heteroatoms. The van der Waals surface area contributed by atoms with E-state index < -0.39 is 5.60 Å². The predicted octanol–water partition coefficient (Wildman–Crippen LogP) is 6.15. The maximum absolute atomic E-state index is 12.5. The van der Waals surface area contributed by atoms with E-state index in [1.54, 1.807) is 0 Å². The number of anilines is 1. The number of benzene rings is 2. The van der Waals surface area contributed by atoms with Gasteiger partial charge < -0.3 is 15.8 Å². The van der Waals surface area contributed by atoms with Gasteiger partial charge in [-0.15, -0.1) is 0 Å². The van der Waals surface area contributed by atoms with E-state index in [4.69, 9.17) is 15.5 Å². The normalized spacial score (nSPS) is 15.0. The minimum Gasteiger partial charge on any atom is -0.444 e. The summed E-state index contributed by atoms with van der Waals surface area (Å²) in [6, 6.07) is 22.4. The average Bonchev–Trinajstić information content (AvgIpc) is 3.14. The molecular formula is C28H30N4O2. The van der Waals surface area contributed by atoms with Crippen LogP contribution in [0.15, 0.2) is 72.9 Å². The Morgan fingerprint density at radius 3 is 2.32 bits per heavy atom. The lowest BCUT2D eigenvalue weighted by atomic mass is 9.71. The highest BCUT2D eigenvalue weighted by molar-refractivity contribution is 5.82. The van der Waals surface area contributed by atoms with E-state index in [-0.39, 0.29) is 11.6 Å². The number of nitrogens with two attached hydrogens (primary N) is 1. The zero-order valence-electron chi connectivity index (χ0n) is 19.8. The molecule has 1 aliphatic carbocycles. The molecule has 0 atom stereocenters. The Hall–Kier alpha value is -3.80. The van der Waals surface area contributed by atoms with Crippen LogP contribution in [0.3, 0.4) is 0 Å². The number of nitrogen functional groups attached to an aromatic ring is 1. The second-order valence-corrected chi connectivity index (χ2v) is 10.0. The van der Waals surface area contributed by atoms with Crippen molar-refractivity contribution in [1.82, 2.24) is 14.7 Å². The zero-order chi connectivity index (χ0) is 23.9. The Labute approximate surface area is 199 Å². The summed E-state index contributed by atoms with van der Waals surface area (Å²) in [5.41, 5.74) is 11.8. The van der Waals surface area contributed by atoms with Crippen LogP contribution in [0.4, 0.5) is 10.5 Å². The standard InChI is InChI=1S/C28H30N4O2/c1-27(2,3)34-26(33)31-28(16-7-17-28)21-12-10-19(11-13-21)24-25(20-8-5-4-6-9-20)32-18-22(29)14-15-23(32)30-24/h4-6,8-15,18H,7,16-17,29H2,1-3H3,(H,31,33). The highest BCUT2D eigenvalue weighted by Crippen LogP contribution is 2.42. The van der Waals surface area contributed by atoms with Crippen LogP contribution in [0.5, 0.6) is 0 Å². The molecule has 1 aliphatic rings. The molecule has 0 spiro atoms. The summed E-state index contributed by atoms with van der Waals surface area (Å²) in [6.07, 6.45) is 4.41. The molecule has 1 saturated carbocycles. The summed E-state index contributed by atoms with van der Waals surface area (Å²) in [5.74, 6) is 0. The number of pyridine rings is 1. The van der Waals surface area contributed by atoms with Gasteiger partial charge in [0.2, 0.25) is 0 Å². The first-order valence-electron chi connectivity index (χ1n) is 11.7. The maximum Gasteiger partial charge on any atom is 0.408 e. The summed E-state index contributed by atoms with van der Waals surface area (Å²) in [5, 5.41) is 3.13. The van der Waals surface area contributed by atoms with E-state index in [0.717, 1.165) is 53.0 Å². The number of carbonyl (C=O) groups excluding carboxylic acids is 1. The lowest BCUT2D eigenvalue weighted by Gasteiger charge is -2.43. The van der Waals surface area contributed by atoms with Crippen molar-refractivity contribution < 1.29 is 9.53 Å². The van der Waals surface area contributed by atoms with Gasteiger partial charge in [-0.05, 0) is 57.7 Å². The van der Waals surface area contributed by atoms with Crippen LogP contribution in [-0.4, -0.2) is 21.1 Å². The molecule has 34 heavy (non-hydrogen) atoms. The molecule has 0 aliphatic heterocycles. The number of hydrogen-bond donors (Lipinski definition) is 2. The van der Waals surface area contributed by atoms with E-state index in [1.807, 2.05) is 61.7 Å². The van der Waals surface area contributed by atoms with E-state index in [9.17, 15) is 4.79 Å². The summed E-state index contributed by atoms with van der Waals surface area (Å²) < 4.78 is 7.57.